The first-order chi connectivity index (χ1) is 6.70. The van der Waals surface area contributed by atoms with Gasteiger partial charge in [-0.25, -0.2) is 0 Å². The highest BCUT2D eigenvalue weighted by Gasteiger charge is 2.11. The van der Waals surface area contributed by atoms with E-state index in [9.17, 15) is 0 Å². The predicted octanol–water partition coefficient (Wildman–Crippen LogP) is 2.83. The zero-order chi connectivity index (χ0) is 10.6. The van der Waals surface area contributed by atoms with Gasteiger partial charge in [-0.3, -0.25) is 0 Å². The molecule has 0 fully saturated rings. The number of aliphatic hydroxyl groups excluding tert-OH is 1. The van der Waals surface area contributed by atoms with Gasteiger partial charge in [-0.1, -0.05) is 30.7 Å². The molecule has 0 saturated heterocycles. The number of hydrogen-bond acceptors (Lipinski definition) is 2. The van der Waals surface area contributed by atoms with Gasteiger partial charge in [-0.15, -0.1) is 0 Å². The van der Waals surface area contributed by atoms with E-state index in [1.165, 1.54) is 0 Å². The molecule has 1 aromatic rings. The van der Waals surface area contributed by atoms with Crippen molar-refractivity contribution in [3.05, 3.63) is 28.8 Å². The predicted molar refractivity (Wildman–Crippen MR) is 58.1 cm³/mol. The molecule has 0 spiro atoms. The molecule has 3 heteroatoms. The van der Waals surface area contributed by atoms with E-state index in [4.69, 9.17) is 21.4 Å². The molecule has 0 bridgehead atoms. The Bertz CT molecular complexity index is 299. The highest BCUT2D eigenvalue weighted by molar-refractivity contribution is 6.32. The molecular weight excluding hydrogens is 200 g/mol. The zero-order valence-electron chi connectivity index (χ0n) is 8.46. The average Bonchev–Trinajstić information content (AvgIpc) is 2.20. The molecule has 1 rings (SSSR count). The lowest BCUT2D eigenvalue weighted by molar-refractivity contribution is 0.272. The van der Waals surface area contributed by atoms with E-state index in [0.29, 0.717) is 17.4 Å². The Morgan fingerprint density at radius 2 is 2.21 bits per heavy atom. The van der Waals surface area contributed by atoms with Crippen LogP contribution in [0.15, 0.2) is 18.2 Å². The van der Waals surface area contributed by atoms with Crippen LogP contribution in [0.5, 0.6) is 5.75 Å². The van der Waals surface area contributed by atoms with E-state index in [0.717, 1.165) is 5.56 Å². The molecule has 1 aromatic carbocycles. The summed E-state index contributed by atoms with van der Waals surface area (Å²) in [4.78, 5) is 0. The van der Waals surface area contributed by atoms with E-state index in [-0.39, 0.29) is 12.5 Å². The van der Waals surface area contributed by atoms with Gasteiger partial charge >= 0.3 is 0 Å². The standard InChI is InChI=1S/C11H15ClO2/c1-3-14-10-6-4-5-9(11(10)12)8(2)7-13/h4-6,8,13H,3,7H2,1-2H3. The van der Waals surface area contributed by atoms with Crippen LogP contribution in [0.3, 0.4) is 0 Å². The maximum Gasteiger partial charge on any atom is 0.138 e. The van der Waals surface area contributed by atoms with Crippen LogP contribution in [-0.4, -0.2) is 18.3 Å². The van der Waals surface area contributed by atoms with Gasteiger partial charge in [-0.2, -0.15) is 0 Å². The average molecular weight is 215 g/mol. The lowest BCUT2D eigenvalue weighted by atomic mass is 10.0. The molecule has 0 radical (unpaired) electrons. The molecule has 0 amide bonds. The molecule has 0 saturated carbocycles. The number of hydrogen-bond donors (Lipinski definition) is 1. The topological polar surface area (TPSA) is 29.5 Å². The van der Waals surface area contributed by atoms with Crippen LogP contribution >= 0.6 is 11.6 Å². The summed E-state index contributed by atoms with van der Waals surface area (Å²) in [5.74, 6) is 0.731. The highest BCUT2D eigenvalue weighted by atomic mass is 35.5. The van der Waals surface area contributed by atoms with Crippen molar-refractivity contribution in [1.82, 2.24) is 0 Å². The van der Waals surface area contributed by atoms with Crippen molar-refractivity contribution in [2.75, 3.05) is 13.2 Å². The lowest BCUT2D eigenvalue weighted by Crippen LogP contribution is -2.01. The molecule has 0 aliphatic carbocycles. The van der Waals surface area contributed by atoms with Gasteiger partial charge in [0.05, 0.1) is 11.6 Å². The van der Waals surface area contributed by atoms with E-state index in [1.54, 1.807) is 0 Å². The van der Waals surface area contributed by atoms with Crippen LogP contribution in [0.1, 0.15) is 25.3 Å². The molecule has 14 heavy (non-hydrogen) atoms. The van der Waals surface area contributed by atoms with Crippen LogP contribution < -0.4 is 4.74 Å². The zero-order valence-corrected chi connectivity index (χ0v) is 9.21. The second-order valence-corrected chi connectivity index (χ2v) is 3.55. The van der Waals surface area contributed by atoms with Crippen molar-refractivity contribution in [1.29, 1.82) is 0 Å². The summed E-state index contributed by atoms with van der Waals surface area (Å²) in [6.45, 7) is 4.53. The fourth-order valence-corrected chi connectivity index (χ4v) is 1.64. The molecule has 1 atom stereocenters. The van der Waals surface area contributed by atoms with Gasteiger partial charge < -0.3 is 9.84 Å². The SMILES string of the molecule is CCOc1cccc(C(C)CO)c1Cl. The van der Waals surface area contributed by atoms with Gasteiger partial charge in [-0.05, 0) is 18.6 Å². The van der Waals surface area contributed by atoms with E-state index >= 15 is 0 Å². The summed E-state index contributed by atoms with van der Waals surface area (Å²) in [5, 5.41) is 9.64. The minimum atomic E-state index is 0.0444. The maximum absolute atomic E-state index is 9.03. The third-order valence-electron chi connectivity index (χ3n) is 2.10. The fourth-order valence-electron chi connectivity index (χ4n) is 1.27. The molecule has 1 N–H and O–H groups in total. The number of benzene rings is 1. The number of aliphatic hydroxyl groups is 1. The molecular formula is C11H15ClO2. The Kier molecular flexibility index (Phi) is 4.23. The summed E-state index contributed by atoms with van der Waals surface area (Å²) < 4.78 is 5.36. The summed E-state index contributed by atoms with van der Waals surface area (Å²) in [6, 6.07) is 5.63. The molecule has 78 valence electrons. The number of rotatable bonds is 4. The molecule has 2 nitrogen and oxygen atoms in total. The van der Waals surface area contributed by atoms with E-state index in [2.05, 4.69) is 0 Å². The normalized spacial score (nSPS) is 12.6. The first-order valence-electron chi connectivity index (χ1n) is 4.72. The first-order valence-corrected chi connectivity index (χ1v) is 5.10. The van der Waals surface area contributed by atoms with Crippen molar-refractivity contribution < 1.29 is 9.84 Å². The molecule has 1 unspecified atom stereocenters. The van der Waals surface area contributed by atoms with Crippen LogP contribution in [0.25, 0.3) is 0 Å². The highest BCUT2D eigenvalue weighted by Crippen LogP contribution is 2.32. The number of ether oxygens (including phenoxy) is 1. The van der Waals surface area contributed by atoms with Crippen molar-refractivity contribution in [2.24, 2.45) is 0 Å². The third kappa shape index (κ3) is 2.40. The van der Waals surface area contributed by atoms with Crippen LogP contribution in [0.4, 0.5) is 0 Å². The second-order valence-electron chi connectivity index (χ2n) is 3.18. The Hall–Kier alpha value is -0.730. The Labute approximate surface area is 89.5 Å². The van der Waals surface area contributed by atoms with E-state index in [1.807, 2.05) is 32.0 Å². The Balaban J connectivity index is 3.00. The lowest BCUT2D eigenvalue weighted by Gasteiger charge is -2.13. The Morgan fingerprint density at radius 3 is 2.79 bits per heavy atom. The quantitative estimate of drug-likeness (QED) is 0.835. The largest absolute Gasteiger partial charge is 0.492 e. The fraction of sp³-hybridized carbons (Fsp3) is 0.455. The van der Waals surface area contributed by atoms with Crippen molar-refractivity contribution >= 4 is 11.6 Å². The minimum absolute atomic E-state index is 0.0444. The molecule has 0 heterocycles. The van der Waals surface area contributed by atoms with Gasteiger partial charge in [0, 0.05) is 12.5 Å². The number of halogens is 1. The third-order valence-corrected chi connectivity index (χ3v) is 2.50. The van der Waals surface area contributed by atoms with Gasteiger partial charge in [0.25, 0.3) is 0 Å². The van der Waals surface area contributed by atoms with Crippen molar-refractivity contribution in [3.63, 3.8) is 0 Å². The Morgan fingerprint density at radius 1 is 1.50 bits per heavy atom. The summed E-state index contributed by atoms with van der Waals surface area (Å²) in [5.41, 5.74) is 0.931. The molecule has 0 aromatic heterocycles. The van der Waals surface area contributed by atoms with E-state index < -0.39 is 0 Å². The summed E-state index contributed by atoms with van der Waals surface area (Å²) >= 11 is 6.13. The first kappa shape index (κ1) is 11.3. The minimum Gasteiger partial charge on any atom is -0.492 e. The van der Waals surface area contributed by atoms with Gasteiger partial charge in [0.1, 0.15) is 5.75 Å². The van der Waals surface area contributed by atoms with Gasteiger partial charge in [0.15, 0.2) is 0 Å². The maximum atomic E-state index is 9.03. The van der Waals surface area contributed by atoms with Crippen molar-refractivity contribution in [3.8, 4) is 5.75 Å². The summed E-state index contributed by atoms with van der Waals surface area (Å²) in [6.07, 6.45) is 0. The smallest absolute Gasteiger partial charge is 0.138 e. The van der Waals surface area contributed by atoms with Crippen molar-refractivity contribution in [2.45, 2.75) is 19.8 Å². The monoisotopic (exact) mass is 214 g/mol. The van der Waals surface area contributed by atoms with Crippen LogP contribution in [-0.2, 0) is 0 Å². The molecule has 0 aliphatic heterocycles. The van der Waals surface area contributed by atoms with Crippen LogP contribution in [0, 0.1) is 0 Å². The second kappa shape index (κ2) is 5.23. The molecule has 0 aliphatic rings. The summed E-state index contributed by atoms with van der Waals surface area (Å²) in [7, 11) is 0. The van der Waals surface area contributed by atoms with Crippen LogP contribution in [0.2, 0.25) is 5.02 Å². The van der Waals surface area contributed by atoms with Gasteiger partial charge in [0.2, 0.25) is 0 Å².